The van der Waals surface area contributed by atoms with Gasteiger partial charge in [-0.25, -0.2) is 4.79 Å². The molecular formula is C9H17NO5. The Morgan fingerprint density at radius 2 is 2.27 bits per heavy atom. The average Bonchev–Trinajstić information content (AvgIpc) is 2.22. The van der Waals surface area contributed by atoms with Crippen molar-refractivity contribution in [2.45, 2.75) is 13.0 Å². The second kappa shape index (κ2) is 8.37. The number of hydroxylamine groups is 1. The molecule has 6 heteroatoms. The van der Waals surface area contributed by atoms with Crippen molar-refractivity contribution in [1.29, 1.82) is 0 Å². The predicted octanol–water partition coefficient (Wildman–Crippen LogP) is -1.02. The molecule has 0 saturated heterocycles. The Bertz CT molecular complexity index is 207. The zero-order valence-electron chi connectivity index (χ0n) is 8.73. The second-order valence-electron chi connectivity index (χ2n) is 2.96. The molecule has 0 aromatic heterocycles. The lowest BCUT2D eigenvalue weighted by molar-refractivity contribution is -0.139. The molecule has 0 aliphatic rings. The van der Waals surface area contributed by atoms with Crippen molar-refractivity contribution in [3.8, 4) is 0 Å². The van der Waals surface area contributed by atoms with E-state index in [0.29, 0.717) is 12.1 Å². The van der Waals surface area contributed by atoms with E-state index in [2.05, 4.69) is 12.1 Å². The van der Waals surface area contributed by atoms with Crippen molar-refractivity contribution >= 4 is 5.97 Å². The lowest BCUT2D eigenvalue weighted by Gasteiger charge is -2.09. The van der Waals surface area contributed by atoms with Crippen LogP contribution in [0.1, 0.15) is 6.92 Å². The van der Waals surface area contributed by atoms with Gasteiger partial charge in [-0.15, -0.1) is 0 Å². The van der Waals surface area contributed by atoms with Crippen LogP contribution in [-0.2, 0) is 14.4 Å². The standard InChI is InChI=1S/C9H17NO5/c1-7(2)9(13)14-4-3-10-15-6-8(12)5-11/h8,10-12H,1,3-6H2,2H3. The molecule has 88 valence electrons. The average molecular weight is 219 g/mol. The number of aliphatic hydroxyl groups is 2. The molecule has 0 aromatic rings. The highest BCUT2D eigenvalue weighted by Crippen LogP contribution is 1.90. The molecule has 0 bridgehead atoms. The van der Waals surface area contributed by atoms with E-state index in [4.69, 9.17) is 19.8 Å². The Hall–Kier alpha value is -0.950. The topological polar surface area (TPSA) is 88.0 Å². The van der Waals surface area contributed by atoms with Crippen LogP contribution in [0.15, 0.2) is 12.2 Å². The molecule has 0 radical (unpaired) electrons. The Kier molecular flexibility index (Phi) is 7.84. The third-order valence-corrected chi connectivity index (χ3v) is 1.37. The number of carbonyl (C=O) groups is 1. The number of aliphatic hydroxyl groups excluding tert-OH is 2. The molecule has 1 unspecified atom stereocenters. The highest BCUT2D eigenvalue weighted by molar-refractivity contribution is 5.86. The Balaban J connectivity index is 3.25. The first-order chi connectivity index (χ1) is 7.07. The zero-order valence-corrected chi connectivity index (χ0v) is 8.73. The molecule has 3 N–H and O–H groups in total. The number of ether oxygens (including phenoxy) is 1. The van der Waals surface area contributed by atoms with Gasteiger partial charge in [0.2, 0.25) is 0 Å². The minimum Gasteiger partial charge on any atom is -0.461 e. The van der Waals surface area contributed by atoms with Crippen LogP contribution in [0.2, 0.25) is 0 Å². The Morgan fingerprint density at radius 3 is 2.80 bits per heavy atom. The third kappa shape index (κ3) is 8.07. The maximum absolute atomic E-state index is 10.9. The largest absolute Gasteiger partial charge is 0.461 e. The summed E-state index contributed by atoms with van der Waals surface area (Å²) in [6, 6.07) is 0. The maximum atomic E-state index is 10.9. The van der Waals surface area contributed by atoms with Crippen LogP contribution < -0.4 is 5.48 Å². The summed E-state index contributed by atoms with van der Waals surface area (Å²) in [6.07, 6.45) is -0.907. The van der Waals surface area contributed by atoms with E-state index >= 15 is 0 Å². The van der Waals surface area contributed by atoms with E-state index in [-0.39, 0.29) is 19.8 Å². The zero-order chi connectivity index (χ0) is 11.7. The second-order valence-corrected chi connectivity index (χ2v) is 2.96. The fraction of sp³-hybridized carbons (Fsp3) is 0.667. The molecule has 0 saturated carbocycles. The fourth-order valence-electron chi connectivity index (χ4n) is 0.589. The number of nitrogens with one attached hydrogen (secondary N) is 1. The van der Waals surface area contributed by atoms with E-state index < -0.39 is 12.1 Å². The fourth-order valence-corrected chi connectivity index (χ4v) is 0.589. The molecule has 6 nitrogen and oxygen atoms in total. The maximum Gasteiger partial charge on any atom is 0.333 e. The monoisotopic (exact) mass is 219 g/mol. The first-order valence-electron chi connectivity index (χ1n) is 4.54. The summed E-state index contributed by atoms with van der Waals surface area (Å²) in [7, 11) is 0. The summed E-state index contributed by atoms with van der Waals surface area (Å²) in [4.78, 5) is 15.6. The first kappa shape index (κ1) is 14.1. The highest BCUT2D eigenvalue weighted by atomic mass is 16.7. The lowest BCUT2D eigenvalue weighted by atomic mass is 10.4. The van der Waals surface area contributed by atoms with Gasteiger partial charge in [0.15, 0.2) is 0 Å². The van der Waals surface area contributed by atoms with Gasteiger partial charge in [-0.1, -0.05) is 6.58 Å². The van der Waals surface area contributed by atoms with Crippen molar-refractivity contribution in [2.24, 2.45) is 0 Å². The summed E-state index contributed by atoms with van der Waals surface area (Å²) in [5.41, 5.74) is 2.81. The van der Waals surface area contributed by atoms with Crippen molar-refractivity contribution in [2.75, 3.05) is 26.4 Å². The van der Waals surface area contributed by atoms with Crippen molar-refractivity contribution in [3.63, 3.8) is 0 Å². The van der Waals surface area contributed by atoms with Gasteiger partial charge in [0.05, 0.1) is 19.8 Å². The summed E-state index contributed by atoms with van der Waals surface area (Å²) in [5.74, 6) is -0.452. The van der Waals surface area contributed by atoms with Crippen LogP contribution in [0.3, 0.4) is 0 Å². The summed E-state index contributed by atoms with van der Waals surface area (Å²) < 4.78 is 4.74. The lowest BCUT2D eigenvalue weighted by Crippen LogP contribution is -2.28. The molecule has 0 heterocycles. The smallest absolute Gasteiger partial charge is 0.333 e. The number of hydrogen-bond donors (Lipinski definition) is 3. The minimum atomic E-state index is -0.907. The Morgan fingerprint density at radius 1 is 1.60 bits per heavy atom. The van der Waals surface area contributed by atoms with Gasteiger partial charge < -0.3 is 14.9 Å². The van der Waals surface area contributed by atoms with Crippen LogP contribution in [0, 0.1) is 0 Å². The van der Waals surface area contributed by atoms with Gasteiger partial charge in [0.1, 0.15) is 12.7 Å². The molecule has 0 aliphatic carbocycles. The van der Waals surface area contributed by atoms with Gasteiger partial charge in [0, 0.05) is 5.57 Å². The third-order valence-electron chi connectivity index (χ3n) is 1.37. The van der Waals surface area contributed by atoms with Gasteiger partial charge in [-0.3, -0.25) is 4.84 Å². The summed E-state index contributed by atoms with van der Waals surface area (Å²) in [6.45, 7) is 5.06. The Labute approximate surface area is 88.5 Å². The van der Waals surface area contributed by atoms with Crippen molar-refractivity contribution in [3.05, 3.63) is 12.2 Å². The van der Waals surface area contributed by atoms with E-state index in [1.165, 1.54) is 0 Å². The molecule has 0 spiro atoms. The van der Waals surface area contributed by atoms with Crippen LogP contribution in [-0.4, -0.2) is 48.7 Å². The van der Waals surface area contributed by atoms with Crippen molar-refractivity contribution < 1.29 is 24.6 Å². The number of rotatable bonds is 8. The molecule has 0 rings (SSSR count). The molecule has 15 heavy (non-hydrogen) atoms. The van der Waals surface area contributed by atoms with Gasteiger partial charge >= 0.3 is 5.97 Å². The molecule has 0 fully saturated rings. The number of hydrogen-bond acceptors (Lipinski definition) is 6. The number of carbonyl (C=O) groups excluding carboxylic acids is 1. The van der Waals surface area contributed by atoms with Gasteiger partial charge in [-0.05, 0) is 6.92 Å². The molecule has 0 aliphatic heterocycles. The molecular weight excluding hydrogens is 202 g/mol. The number of esters is 1. The first-order valence-corrected chi connectivity index (χ1v) is 4.54. The van der Waals surface area contributed by atoms with E-state index in [1.54, 1.807) is 6.92 Å². The molecule has 0 aromatic carbocycles. The summed E-state index contributed by atoms with van der Waals surface area (Å²) in [5, 5.41) is 17.3. The van der Waals surface area contributed by atoms with Crippen LogP contribution in [0.5, 0.6) is 0 Å². The minimum absolute atomic E-state index is 0.0229. The van der Waals surface area contributed by atoms with Crippen LogP contribution in [0.25, 0.3) is 0 Å². The van der Waals surface area contributed by atoms with E-state index in [1.807, 2.05) is 0 Å². The SMILES string of the molecule is C=C(C)C(=O)OCCNOCC(O)CO. The molecule has 0 amide bonds. The normalized spacial score (nSPS) is 12.2. The van der Waals surface area contributed by atoms with Gasteiger partial charge in [-0.2, -0.15) is 5.48 Å². The predicted molar refractivity (Wildman–Crippen MR) is 52.8 cm³/mol. The quantitative estimate of drug-likeness (QED) is 0.210. The molecule has 1 atom stereocenters. The van der Waals surface area contributed by atoms with Crippen molar-refractivity contribution in [1.82, 2.24) is 5.48 Å². The van der Waals surface area contributed by atoms with E-state index in [9.17, 15) is 4.79 Å². The van der Waals surface area contributed by atoms with E-state index in [0.717, 1.165) is 0 Å². The van der Waals surface area contributed by atoms with Crippen LogP contribution in [0.4, 0.5) is 0 Å². The highest BCUT2D eigenvalue weighted by Gasteiger charge is 2.03. The summed E-state index contributed by atoms with van der Waals surface area (Å²) >= 11 is 0. The van der Waals surface area contributed by atoms with Crippen LogP contribution >= 0.6 is 0 Å². The van der Waals surface area contributed by atoms with Gasteiger partial charge in [0.25, 0.3) is 0 Å².